The molecule has 0 aliphatic carbocycles. The van der Waals surface area contributed by atoms with Crippen LogP contribution in [0.1, 0.15) is 44.6 Å². The van der Waals surface area contributed by atoms with Gasteiger partial charge >= 0.3 is 0 Å². The summed E-state index contributed by atoms with van der Waals surface area (Å²) in [4.78, 5) is 40.7. The molecule has 2 aliphatic rings. The number of hydrogen-bond acceptors (Lipinski definition) is 3. The van der Waals surface area contributed by atoms with Gasteiger partial charge in [0.2, 0.25) is 17.7 Å². The highest BCUT2D eigenvalue weighted by atomic mass is 16.2. The molecule has 1 unspecified atom stereocenters. The van der Waals surface area contributed by atoms with Crippen molar-refractivity contribution in [1.29, 1.82) is 0 Å². The highest BCUT2D eigenvalue weighted by Gasteiger charge is 2.38. The molecule has 152 valence electrons. The van der Waals surface area contributed by atoms with Crippen molar-refractivity contribution in [1.82, 2.24) is 10.2 Å². The number of aryl methyl sites for hydroxylation is 1. The molecule has 6 nitrogen and oxygen atoms in total. The number of hydrogen-bond donors (Lipinski definition) is 1. The Kier molecular flexibility index (Phi) is 6.70. The predicted octanol–water partition coefficient (Wildman–Crippen LogP) is 2.37. The van der Waals surface area contributed by atoms with Gasteiger partial charge in [-0.15, -0.1) is 0 Å². The normalized spacial score (nSPS) is 20.5. The molecule has 2 saturated heterocycles. The van der Waals surface area contributed by atoms with Crippen LogP contribution in [0.15, 0.2) is 24.3 Å². The number of nitrogens with zero attached hydrogens (tertiary/aromatic N) is 2. The van der Waals surface area contributed by atoms with E-state index in [1.807, 2.05) is 17.0 Å². The van der Waals surface area contributed by atoms with Crippen LogP contribution in [0.4, 0.5) is 5.69 Å². The highest BCUT2D eigenvalue weighted by molar-refractivity contribution is 6.00. The summed E-state index contributed by atoms with van der Waals surface area (Å²) in [5.74, 6) is -0.187. The lowest BCUT2D eigenvalue weighted by atomic mass is 9.94. The number of carbonyl (C=O) groups excluding carboxylic acids is 3. The molecule has 1 aromatic carbocycles. The third-order valence-corrected chi connectivity index (χ3v) is 5.97. The third kappa shape index (κ3) is 4.54. The minimum absolute atomic E-state index is 0.0121. The molecular formula is C22H31N3O3. The molecule has 2 fully saturated rings. The summed E-state index contributed by atoms with van der Waals surface area (Å²) in [5, 5.41) is 2.68. The summed E-state index contributed by atoms with van der Waals surface area (Å²) in [6.07, 6.45) is 5.03. The van der Waals surface area contributed by atoms with Crippen molar-refractivity contribution >= 4 is 23.4 Å². The Balaban J connectivity index is 1.57. The first-order valence-corrected chi connectivity index (χ1v) is 10.4. The summed E-state index contributed by atoms with van der Waals surface area (Å²) in [5.41, 5.74) is 2.16. The van der Waals surface area contributed by atoms with Gasteiger partial charge in [0, 0.05) is 44.7 Å². The molecule has 0 spiro atoms. The third-order valence-electron chi connectivity index (χ3n) is 5.97. The van der Waals surface area contributed by atoms with Crippen molar-refractivity contribution in [2.45, 2.75) is 45.4 Å². The van der Waals surface area contributed by atoms with E-state index in [0.717, 1.165) is 24.9 Å². The summed E-state index contributed by atoms with van der Waals surface area (Å²) >= 11 is 0. The number of piperidine rings is 1. The van der Waals surface area contributed by atoms with Gasteiger partial charge in [0.1, 0.15) is 0 Å². The number of likely N-dealkylation sites (tertiary alicyclic amines) is 1. The van der Waals surface area contributed by atoms with Crippen LogP contribution in [0.2, 0.25) is 0 Å². The monoisotopic (exact) mass is 385 g/mol. The molecule has 0 radical (unpaired) electrons. The van der Waals surface area contributed by atoms with E-state index >= 15 is 0 Å². The molecule has 3 amide bonds. The van der Waals surface area contributed by atoms with Crippen LogP contribution in [0.3, 0.4) is 0 Å². The van der Waals surface area contributed by atoms with Gasteiger partial charge in [-0.25, -0.2) is 0 Å². The Hall–Kier alpha value is -2.37. The number of unbranched alkanes of at least 4 members (excludes halogenated alkanes) is 1. The van der Waals surface area contributed by atoms with Crippen LogP contribution in [-0.2, 0) is 20.8 Å². The second kappa shape index (κ2) is 9.22. The molecule has 0 saturated carbocycles. The standard InChI is InChI=1S/C22H31N3O3/c1-3-4-5-16-6-8-19(9-7-16)25-15-18(14-20(25)26)22(28)24-12-10-17(11-13-24)21(27)23-2/h6-9,17-18H,3-5,10-15H2,1-2H3,(H,23,27). The Bertz CT molecular complexity index is 708. The molecule has 28 heavy (non-hydrogen) atoms. The van der Waals surface area contributed by atoms with Crippen LogP contribution in [-0.4, -0.2) is 49.3 Å². The first kappa shape index (κ1) is 20.4. The number of benzene rings is 1. The predicted molar refractivity (Wildman–Crippen MR) is 109 cm³/mol. The first-order chi connectivity index (χ1) is 13.5. The van der Waals surface area contributed by atoms with Crippen molar-refractivity contribution in [3.8, 4) is 0 Å². The number of rotatable bonds is 6. The van der Waals surface area contributed by atoms with Gasteiger partial charge in [-0.05, 0) is 43.4 Å². The maximum absolute atomic E-state index is 12.9. The number of anilines is 1. The largest absolute Gasteiger partial charge is 0.359 e. The molecular weight excluding hydrogens is 354 g/mol. The van der Waals surface area contributed by atoms with Crippen LogP contribution in [0, 0.1) is 11.8 Å². The number of amides is 3. The van der Waals surface area contributed by atoms with E-state index < -0.39 is 0 Å². The molecule has 1 aromatic rings. The van der Waals surface area contributed by atoms with Crippen molar-refractivity contribution < 1.29 is 14.4 Å². The lowest BCUT2D eigenvalue weighted by Crippen LogP contribution is -2.45. The molecule has 0 bridgehead atoms. The first-order valence-electron chi connectivity index (χ1n) is 10.4. The van der Waals surface area contributed by atoms with Crippen LogP contribution < -0.4 is 10.2 Å². The highest BCUT2D eigenvalue weighted by Crippen LogP contribution is 2.28. The fourth-order valence-corrected chi connectivity index (χ4v) is 4.17. The SMILES string of the molecule is CCCCc1ccc(N2CC(C(=O)N3CCC(C(=O)NC)CC3)CC2=O)cc1. The van der Waals surface area contributed by atoms with Crippen molar-refractivity contribution in [3.63, 3.8) is 0 Å². The maximum Gasteiger partial charge on any atom is 0.228 e. The topological polar surface area (TPSA) is 69.7 Å². The van der Waals surface area contributed by atoms with Gasteiger partial charge in [-0.3, -0.25) is 14.4 Å². The van der Waals surface area contributed by atoms with E-state index in [2.05, 4.69) is 24.4 Å². The second-order valence-electron chi connectivity index (χ2n) is 7.89. The van der Waals surface area contributed by atoms with Gasteiger partial charge in [0.25, 0.3) is 0 Å². The van der Waals surface area contributed by atoms with E-state index in [0.29, 0.717) is 32.5 Å². The second-order valence-corrected chi connectivity index (χ2v) is 7.89. The van der Waals surface area contributed by atoms with Crippen LogP contribution >= 0.6 is 0 Å². The van der Waals surface area contributed by atoms with Gasteiger partial charge < -0.3 is 15.1 Å². The van der Waals surface area contributed by atoms with Gasteiger partial charge in [-0.2, -0.15) is 0 Å². The average Bonchev–Trinajstić information content (AvgIpc) is 3.13. The fourth-order valence-electron chi connectivity index (χ4n) is 4.17. The van der Waals surface area contributed by atoms with E-state index in [-0.39, 0.29) is 36.0 Å². The van der Waals surface area contributed by atoms with E-state index in [1.54, 1.807) is 11.9 Å². The molecule has 2 heterocycles. The van der Waals surface area contributed by atoms with Crippen LogP contribution in [0.25, 0.3) is 0 Å². The number of nitrogens with one attached hydrogen (secondary N) is 1. The van der Waals surface area contributed by atoms with E-state index in [4.69, 9.17) is 0 Å². The average molecular weight is 386 g/mol. The molecule has 0 aromatic heterocycles. The quantitative estimate of drug-likeness (QED) is 0.817. The Morgan fingerprint density at radius 3 is 2.39 bits per heavy atom. The Morgan fingerprint density at radius 2 is 1.79 bits per heavy atom. The summed E-state index contributed by atoms with van der Waals surface area (Å²) in [6, 6.07) is 8.14. The van der Waals surface area contributed by atoms with E-state index in [1.165, 1.54) is 5.56 Å². The molecule has 1 N–H and O–H groups in total. The summed E-state index contributed by atoms with van der Waals surface area (Å²) in [6.45, 7) is 3.80. The minimum atomic E-state index is -0.288. The number of carbonyl (C=O) groups is 3. The van der Waals surface area contributed by atoms with Crippen LogP contribution in [0.5, 0.6) is 0 Å². The van der Waals surface area contributed by atoms with E-state index in [9.17, 15) is 14.4 Å². The Labute approximate surface area is 167 Å². The summed E-state index contributed by atoms with van der Waals surface area (Å²) in [7, 11) is 1.65. The fraction of sp³-hybridized carbons (Fsp3) is 0.591. The lowest BCUT2D eigenvalue weighted by Gasteiger charge is -2.32. The molecule has 2 aliphatic heterocycles. The smallest absolute Gasteiger partial charge is 0.228 e. The van der Waals surface area contributed by atoms with Gasteiger partial charge in [0.15, 0.2) is 0 Å². The lowest BCUT2D eigenvalue weighted by molar-refractivity contribution is -0.139. The maximum atomic E-state index is 12.9. The zero-order valence-corrected chi connectivity index (χ0v) is 16.9. The molecule has 6 heteroatoms. The van der Waals surface area contributed by atoms with Gasteiger partial charge in [0.05, 0.1) is 5.92 Å². The van der Waals surface area contributed by atoms with Crippen molar-refractivity contribution in [2.75, 3.05) is 31.6 Å². The summed E-state index contributed by atoms with van der Waals surface area (Å²) < 4.78 is 0. The van der Waals surface area contributed by atoms with Crippen molar-refractivity contribution in [3.05, 3.63) is 29.8 Å². The molecule has 3 rings (SSSR count). The minimum Gasteiger partial charge on any atom is -0.359 e. The van der Waals surface area contributed by atoms with Gasteiger partial charge in [-0.1, -0.05) is 25.5 Å². The van der Waals surface area contributed by atoms with Crippen molar-refractivity contribution in [2.24, 2.45) is 11.8 Å². The zero-order valence-electron chi connectivity index (χ0n) is 16.9. The zero-order chi connectivity index (χ0) is 20.1. The Morgan fingerprint density at radius 1 is 1.11 bits per heavy atom. The molecule has 1 atom stereocenters.